The first-order valence-corrected chi connectivity index (χ1v) is 8.89. The molecule has 7 heteroatoms. The summed E-state index contributed by atoms with van der Waals surface area (Å²) in [5.74, 6) is 0.374. The van der Waals surface area contributed by atoms with Gasteiger partial charge in [-0.1, -0.05) is 49.2 Å². The normalized spacial score (nSPS) is 12.1. The van der Waals surface area contributed by atoms with Crippen LogP contribution in [-0.4, -0.2) is 27.9 Å². The molecule has 0 bridgehead atoms. The van der Waals surface area contributed by atoms with Gasteiger partial charge in [0, 0.05) is 17.1 Å². The maximum Gasteiger partial charge on any atom is 0.277 e. The second kappa shape index (κ2) is 8.93. The van der Waals surface area contributed by atoms with E-state index in [4.69, 9.17) is 16.0 Å². The Balaban J connectivity index is 1.89. The molecule has 5 nitrogen and oxygen atoms in total. The largest absolute Gasteiger partial charge is 0.411 e. The molecule has 0 fully saturated rings. The number of carbonyl (C=O) groups excluding carboxylic acids is 1. The Kier molecular flexibility index (Phi) is 6.92. The van der Waals surface area contributed by atoms with E-state index in [9.17, 15) is 4.79 Å². The van der Waals surface area contributed by atoms with Crippen molar-refractivity contribution in [3.05, 3.63) is 29.3 Å². The van der Waals surface area contributed by atoms with Gasteiger partial charge < -0.3 is 9.73 Å². The van der Waals surface area contributed by atoms with Crippen LogP contribution in [0.1, 0.15) is 33.1 Å². The van der Waals surface area contributed by atoms with Crippen molar-refractivity contribution in [2.45, 2.75) is 43.6 Å². The third-order valence-electron chi connectivity index (χ3n) is 3.20. The number of amides is 1. The highest BCUT2D eigenvalue weighted by Gasteiger charge is 2.18. The van der Waals surface area contributed by atoms with Crippen LogP contribution in [0.15, 0.2) is 33.9 Å². The van der Waals surface area contributed by atoms with Crippen LogP contribution in [0.5, 0.6) is 0 Å². The third kappa shape index (κ3) is 5.55. The Morgan fingerprint density at radius 3 is 2.96 bits per heavy atom. The number of halogens is 1. The molecular formula is C16H20ClN3O2S. The van der Waals surface area contributed by atoms with Crippen LogP contribution in [0.4, 0.5) is 0 Å². The summed E-state index contributed by atoms with van der Waals surface area (Å²) in [4.78, 5) is 12.0. The zero-order valence-electron chi connectivity index (χ0n) is 13.2. The van der Waals surface area contributed by atoms with E-state index in [1.165, 1.54) is 11.8 Å². The SMILES string of the molecule is CCCCCNC(=O)C(C)Sc1nnc(-c2cccc(Cl)c2)o1. The molecular weight excluding hydrogens is 334 g/mol. The van der Waals surface area contributed by atoms with Gasteiger partial charge in [0.1, 0.15) is 0 Å². The minimum atomic E-state index is -0.288. The number of unbranched alkanes of at least 4 members (excludes halogenated alkanes) is 2. The van der Waals surface area contributed by atoms with Crippen molar-refractivity contribution in [3.8, 4) is 11.5 Å². The van der Waals surface area contributed by atoms with Gasteiger partial charge in [-0.2, -0.15) is 0 Å². The van der Waals surface area contributed by atoms with Crippen molar-refractivity contribution in [1.29, 1.82) is 0 Å². The molecule has 23 heavy (non-hydrogen) atoms. The first-order chi connectivity index (χ1) is 11.1. The molecule has 1 aromatic heterocycles. The number of hydrogen-bond donors (Lipinski definition) is 1. The number of aromatic nitrogens is 2. The quantitative estimate of drug-likeness (QED) is 0.569. The van der Waals surface area contributed by atoms with E-state index in [0.29, 0.717) is 22.7 Å². The van der Waals surface area contributed by atoms with Gasteiger partial charge in [-0.15, -0.1) is 10.2 Å². The van der Waals surface area contributed by atoms with Crippen LogP contribution in [0.3, 0.4) is 0 Å². The highest BCUT2D eigenvalue weighted by molar-refractivity contribution is 8.00. The van der Waals surface area contributed by atoms with Crippen LogP contribution in [0.25, 0.3) is 11.5 Å². The van der Waals surface area contributed by atoms with E-state index in [-0.39, 0.29) is 11.2 Å². The lowest BCUT2D eigenvalue weighted by atomic mass is 10.2. The van der Waals surface area contributed by atoms with Crippen LogP contribution in [0, 0.1) is 0 Å². The fourth-order valence-corrected chi connectivity index (χ4v) is 2.83. The lowest BCUT2D eigenvalue weighted by molar-refractivity contribution is -0.120. The molecule has 0 radical (unpaired) electrons. The Morgan fingerprint density at radius 1 is 1.39 bits per heavy atom. The van der Waals surface area contributed by atoms with Gasteiger partial charge in [0.15, 0.2) is 0 Å². The van der Waals surface area contributed by atoms with E-state index >= 15 is 0 Å². The van der Waals surface area contributed by atoms with Crippen molar-refractivity contribution < 1.29 is 9.21 Å². The number of carbonyl (C=O) groups is 1. The van der Waals surface area contributed by atoms with Gasteiger partial charge in [0.2, 0.25) is 11.8 Å². The average molecular weight is 354 g/mol. The molecule has 0 aliphatic rings. The predicted molar refractivity (Wildman–Crippen MR) is 92.6 cm³/mol. The molecule has 124 valence electrons. The second-order valence-corrected chi connectivity index (χ2v) is 6.87. The summed E-state index contributed by atoms with van der Waals surface area (Å²) in [6.45, 7) is 4.66. The van der Waals surface area contributed by atoms with Gasteiger partial charge in [-0.25, -0.2) is 0 Å². The summed E-state index contributed by atoms with van der Waals surface area (Å²) in [6.07, 6.45) is 3.25. The summed E-state index contributed by atoms with van der Waals surface area (Å²) in [6, 6.07) is 7.20. The molecule has 2 aromatic rings. The highest BCUT2D eigenvalue weighted by atomic mass is 35.5. The van der Waals surface area contributed by atoms with Gasteiger partial charge in [-0.05, 0) is 31.5 Å². The van der Waals surface area contributed by atoms with Crippen LogP contribution in [0.2, 0.25) is 5.02 Å². The molecule has 1 amide bonds. The molecule has 1 N–H and O–H groups in total. The molecule has 0 saturated carbocycles. The smallest absolute Gasteiger partial charge is 0.277 e. The first-order valence-electron chi connectivity index (χ1n) is 7.64. The lowest BCUT2D eigenvalue weighted by Crippen LogP contribution is -2.31. The third-order valence-corrected chi connectivity index (χ3v) is 4.37. The fraction of sp³-hybridized carbons (Fsp3) is 0.438. The summed E-state index contributed by atoms with van der Waals surface area (Å²) in [5, 5.41) is 11.6. The van der Waals surface area contributed by atoms with E-state index in [1.54, 1.807) is 12.1 Å². The van der Waals surface area contributed by atoms with Gasteiger partial charge in [-0.3, -0.25) is 4.79 Å². The maximum atomic E-state index is 12.0. The highest BCUT2D eigenvalue weighted by Crippen LogP contribution is 2.27. The van der Waals surface area contributed by atoms with Crippen LogP contribution >= 0.6 is 23.4 Å². The summed E-state index contributed by atoms with van der Waals surface area (Å²) < 4.78 is 5.59. The molecule has 1 atom stereocenters. The monoisotopic (exact) mass is 353 g/mol. The van der Waals surface area contributed by atoms with E-state index < -0.39 is 0 Å². The molecule has 1 aromatic carbocycles. The average Bonchev–Trinajstić information content (AvgIpc) is 3.00. The van der Waals surface area contributed by atoms with Crippen LogP contribution in [-0.2, 0) is 4.79 Å². The molecule has 0 aliphatic carbocycles. The van der Waals surface area contributed by atoms with E-state index in [2.05, 4.69) is 22.4 Å². The summed E-state index contributed by atoms with van der Waals surface area (Å²) >= 11 is 7.20. The van der Waals surface area contributed by atoms with Crippen molar-refractivity contribution >= 4 is 29.3 Å². The second-order valence-electron chi connectivity index (χ2n) is 5.14. The molecule has 0 spiro atoms. The van der Waals surface area contributed by atoms with Gasteiger partial charge in [0.25, 0.3) is 5.22 Å². The molecule has 0 saturated heterocycles. The van der Waals surface area contributed by atoms with Gasteiger partial charge in [0.05, 0.1) is 5.25 Å². The number of hydrogen-bond acceptors (Lipinski definition) is 5. The van der Waals surface area contributed by atoms with Crippen LogP contribution < -0.4 is 5.32 Å². The Hall–Kier alpha value is -1.53. The lowest BCUT2D eigenvalue weighted by Gasteiger charge is -2.09. The van der Waals surface area contributed by atoms with Crippen molar-refractivity contribution in [1.82, 2.24) is 15.5 Å². The number of nitrogens with one attached hydrogen (secondary N) is 1. The summed E-state index contributed by atoms with van der Waals surface area (Å²) in [5.41, 5.74) is 0.758. The van der Waals surface area contributed by atoms with Crippen molar-refractivity contribution in [3.63, 3.8) is 0 Å². The predicted octanol–water partition coefficient (Wildman–Crippen LogP) is 4.18. The van der Waals surface area contributed by atoms with Crippen molar-refractivity contribution in [2.75, 3.05) is 6.54 Å². The van der Waals surface area contributed by atoms with Gasteiger partial charge >= 0.3 is 0 Å². The molecule has 1 heterocycles. The maximum absolute atomic E-state index is 12.0. The minimum absolute atomic E-state index is 0.0198. The zero-order chi connectivity index (χ0) is 16.7. The standard InChI is InChI=1S/C16H20ClN3O2S/c1-3-4-5-9-18-14(21)11(2)23-16-20-19-15(22-16)12-7-6-8-13(17)10-12/h6-8,10-11H,3-5,9H2,1-2H3,(H,18,21). The Morgan fingerprint density at radius 2 is 2.22 bits per heavy atom. The first kappa shape index (κ1) is 17.8. The number of nitrogens with zero attached hydrogens (tertiary/aromatic N) is 2. The topological polar surface area (TPSA) is 68.0 Å². The van der Waals surface area contributed by atoms with Crippen molar-refractivity contribution in [2.24, 2.45) is 0 Å². The number of benzene rings is 1. The van der Waals surface area contributed by atoms with E-state index in [0.717, 1.165) is 24.8 Å². The number of thioether (sulfide) groups is 1. The Labute approximate surface area is 145 Å². The molecule has 1 unspecified atom stereocenters. The molecule has 2 rings (SSSR count). The molecule has 0 aliphatic heterocycles. The Bertz CT molecular complexity index is 648. The minimum Gasteiger partial charge on any atom is -0.411 e. The summed E-state index contributed by atoms with van der Waals surface area (Å²) in [7, 11) is 0. The zero-order valence-corrected chi connectivity index (χ0v) is 14.8. The fourth-order valence-electron chi connectivity index (χ4n) is 1.93. The van der Waals surface area contributed by atoms with E-state index in [1.807, 2.05) is 19.1 Å². The number of rotatable bonds is 8.